The molecule has 2 atom stereocenters. The van der Waals surface area contributed by atoms with Crippen molar-refractivity contribution in [2.75, 3.05) is 24.6 Å². The van der Waals surface area contributed by atoms with Crippen LogP contribution in [-0.4, -0.2) is 45.8 Å². The van der Waals surface area contributed by atoms with E-state index in [0.29, 0.717) is 12.1 Å². The van der Waals surface area contributed by atoms with Gasteiger partial charge in [0.25, 0.3) is 0 Å². The molecule has 2 N–H and O–H groups in total. The highest BCUT2D eigenvalue weighted by Crippen LogP contribution is 2.23. The first-order chi connectivity index (χ1) is 6.27. The van der Waals surface area contributed by atoms with Crippen LogP contribution in [0.4, 0.5) is 0 Å². The van der Waals surface area contributed by atoms with Gasteiger partial charge in [0.05, 0.1) is 0 Å². The largest absolute Gasteiger partial charge is 0.326 e. The van der Waals surface area contributed by atoms with Gasteiger partial charge in [0.15, 0.2) is 0 Å². The van der Waals surface area contributed by atoms with Crippen molar-refractivity contribution in [3.8, 4) is 0 Å². The molecule has 4 heteroatoms. The van der Waals surface area contributed by atoms with Gasteiger partial charge in [0.1, 0.15) is 0 Å². The molecule has 0 aromatic carbocycles. The van der Waals surface area contributed by atoms with Crippen LogP contribution >= 0.6 is 0 Å². The van der Waals surface area contributed by atoms with Crippen LogP contribution in [0.5, 0.6) is 0 Å². The van der Waals surface area contributed by atoms with E-state index in [0.717, 1.165) is 24.6 Å². The summed E-state index contributed by atoms with van der Waals surface area (Å²) in [4.78, 5) is 2.44. The number of rotatable bonds is 1. The monoisotopic (exact) mass is 202 g/mol. The van der Waals surface area contributed by atoms with Crippen molar-refractivity contribution in [1.82, 2.24) is 4.90 Å². The average Bonchev–Trinajstić information content (AvgIpc) is 2.53. The lowest BCUT2D eigenvalue weighted by molar-refractivity contribution is 0.202. The number of hydrogen-bond donors (Lipinski definition) is 1. The van der Waals surface area contributed by atoms with Crippen LogP contribution in [0.2, 0.25) is 0 Å². The lowest BCUT2D eigenvalue weighted by atomic mass is 10.1. The fraction of sp³-hybridized carbons (Fsp3) is 1.00. The van der Waals surface area contributed by atoms with Gasteiger partial charge >= 0.3 is 0 Å². The maximum Gasteiger partial charge on any atom is 0.0363 e. The van der Waals surface area contributed by atoms with E-state index < -0.39 is 10.8 Å². The molecular formula is C9H18N2OS. The first kappa shape index (κ1) is 9.62. The normalized spacial score (nSPS) is 38.2. The zero-order chi connectivity index (χ0) is 9.26. The van der Waals surface area contributed by atoms with Gasteiger partial charge in [-0.05, 0) is 12.8 Å². The van der Waals surface area contributed by atoms with Gasteiger partial charge in [-0.3, -0.25) is 9.11 Å². The van der Waals surface area contributed by atoms with Gasteiger partial charge in [-0.15, -0.1) is 0 Å². The molecule has 2 rings (SSSR count). The quantitative estimate of drug-likeness (QED) is 0.647. The molecule has 0 aromatic heterocycles. The number of nitrogens with two attached hydrogens (primary N) is 1. The SMILES string of the molecule is NC1CCCC1N1CCS(=O)CC1. The Hall–Kier alpha value is 0.0700. The van der Waals surface area contributed by atoms with Gasteiger partial charge in [-0.2, -0.15) is 0 Å². The van der Waals surface area contributed by atoms with Gasteiger partial charge in [-0.25, -0.2) is 0 Å². The molecule has 13 heavy (non-hydrogen) atoms. The molecular weight excluding hydrogens is 184 g/mol. The Balaban J connectivity index is 1.90. The van der Waals surface area contributed by atoms with Crippen LogP contribution in [0.25, 0.3) is 0 Å². The topological polar surface area (TPSA) is 46.3 Å². The van der Waals surface area contributed by atoms with Crippen molar-refractivity contribution >= 4 is 10.8 Å². The van der Waals surface area contributed by atoms with Crippen LogP contribution in [0.15, 0.2) is 0 Å². The maximum atomic E-state index is 11.2. The molecule has 1 saturated heterocycles. The van der Waals surface area contributed by atoms with Crippen molar-refractivity contribution in [1.29, 1.82) is 0 Å². The van der Waals surface area contributed by atoms with Crippen LogP contribution in [0.1, 0.15) is 19.3 Å². The van der Waals surface area contributed by atoms with E-state index in [-0.39, 0.29) is 0 Å². The lowest BCUT2D eigenvalue weighted by Crippen LogP contribution is -2.49. The average molecular weight is 202 g/mol. The molecule has 0 aromatic rings. The van der Waals surface area contributed by atoms with Gasteiger partial charge < -0.3 is 5.73 Å². The third-order valence-corrected chi connectivity index (χ3v) is 4.49. The van der Waals surface area contributed by atoms with E-state index in [9.17, 15) is 4.21 Å². The molecule has 1 saturated carbocycles. The minimum atomic E-state index is -0.555. The van der Waals surface area contributed by atoms with Crippen LogP contribution in [-0.2, 0) is 10.8 Å². The van der Waals surface area contributed by atoms with Crippen molar-refractivity contribution < 1.29 is 4.21 Å². The minimum absolute atomic E-state index is 0.367. The van der Waals surface area contributed by atoms with Gasteiger partial charge in [0, 0.05) is 47.5 Å². The van der Waals surface area contributed by atoms with Crippen molar-refractivity contribution in [2.24, 2.45) is 5.73 Å². The summed E-state index contributed by atoms with van der Waals surface area (Å²) in [6.45, 7) is 1.98. The number of hydrogen-bond acceptors (Lipinski definition) is 3. The van der Waals surface area contributed by atoms with Crippen molar-refractivity contribution in [3.05, 3.63) is 0 Å². The Labute approximate surface area is 82.1 Å². The first-order valence-electron chi connectivity index (χ1n) is 5.12. The fourth-order valence-electron chi connectivity index (χ4n) is 2.41. The van der Waals surface area contributed by atoms with Crippen LogP contribution in [0, 0.1) is 0 Å². The smallest absolute Gasteiger partial charge is 0.0363 e. The van der Waals surface area contributed by atoms with Gasteiger partial charge in [0.2, 0.25) is 0 Å². The highest BCUT2D eigenvalue weighted by atomic mass is 32.2. The van der Waals surface area contributed by atoms with E-state index in [1.807, 2.05) is 0 Å². The summed E-state index contributed by atoms with van der Waals surface area (Å²) in [7, 11) is -0.555. The Morgan fingerprint density at radius 2 is 1.92 bits per heavy atom. The van der Waals surface area contributed by atoms with Crippen molar-refractivity contribution in [3.63, 3.8) is 0 Å². The predicted octanol–water partition coefficient (Wildman–Crippen LogP) is -0.0695. The highest BCUT2D eigenvalue weighted by molar-refractivity contribution is 7.85. The van der Waals surface area contributed by atoms with E-state index in [4.69, 9.17) is 5.73 Å². The van der Waals surface area contributed by atoms with E-state index in [2.05, 4.69) is 4.90 Å². The summed E-state index contributed by atoms with van der Waals surface area (Å²) in [5, 5.41) is 0. The molecule has 0 radical (unpaired) electrons. The minimum Gasteiger partial charge on any atom is -0.326 e. The first-order valence-corrected chi connectivity index (χ1v) is 6.61. The second kappa shape index (κ2) is 4.07. The van der Waals surface area contributed by atoms with Crippen LogP contribution in [0.3, 0.4) is 0 Å². The Kier molecular flexibility index (Phi) is 3.01. The summed E-state index contributed by atoms with van der Waals surface area (Å²) in [5.41, 5.74) is 6.03. The molecule has 0 spiro atoms. The van der Waals surface area contributed by atoms with E-state index in [1.54, 1.807) is 0 Å². The lowest BCUT2D eigenvalue weighted by Gasteiger charge is -2.34. The summed E-state index contributed by atoms with van der Waals surface area (Å²) in [6, 6.07) is 0.948. The standard InChI is InChI=1S/C9H18N2OS/c10-8-2-1-3-9(8)11-4-6-13(12)7-5-11/h8-9H,1-7,10H2. The van der Waals surface area contributed by atoms with Gasteiger partial charge in [-0.1, -0.05) is 6.42 Å². The third-order valence-electron chi connectivity index (χ3n) is 3.21. The molecule has 2 fully saturated rings. The Morgan fingerprint density at radius 1 is 1.23 bits per heavy atom. The Morgan fingerprint density at radius 3 is 2.46 bits per heavy atom. The highest BCUT2D eigenvalue weighted by Gasteiger charge is 2.31. The second-order valence-corrected chi connectivity index (χ2v) is 5.74. The number of nitrogens with zero attached hydrogens (tertiary/aromatic N) is 1. The van der Waals surface area contributed by atoms with Crippen molar-refractivity contribution in [2.45, 2.75) is 31.3 Å². The molecule has 0 bridgehead atoms. The maximum absolute atomic E-state index is 11.2. The molecule has 2 aliphatic rings. The molecule has 1 aliphatic heterocycles. The summed E-state index contributed by atoms with van der Waals surface area (Å²) >= 11 is 0. The zero-order valence-corrected chi connectivity index (χ0v) is 8.76. The van der Waals surface area contributed by atoms with E-state index in [1.165, 1.54) is 19.3 Å². The predicted molar refractivity (Wildman–Crippen MR) is 55.1 cm³/mol. The second-order valence-electron chi connectivity index (χ2n) is 4.05. The Bertz CT molecular complexity index is 200. The van der Waals surface area contributed by atoms with E-state index >= 15 is 0 Å². The summed E-state index contributed by atoms with van der Waals surface area (Å²) < 4.78 is 11.2. The molecule has 3 nitrogen and oxygen atoms in total. The zero-order valence-electron chi connectivity index (χ0n) is 7.95. The third kappa shape index (κ3) is 2.11. The summed E-state index contributed by atoms with van der Waals surface area (Å²) in [5.74, 6) is 1.70. The molecule has 2 unspecified atom stereocenters. The fourth-order valence-corrected chi connectivity index (χ4v) is 3.49. The molecule has 1 aliphatic carbocycles. The molecule has 1 heterocycles. The molecule has 76 valence electrons. The van der Waals surface area contributed by atoms with Crippen LogP contribution < -0.4 is 5.73 Å². The summed E-state index contributed by atoms with van der Waals surface area (Å²) in [6.07, 6.45) is 3.68. The molecule has 0 amide bonds.